The number of nitrogens with one attached hydrogen (secondary N) is 3. The number of nitrogens with zero attached hydrogens (tertiary/aromatic N) is 2. The van der Waals surface area contributed by atoms with Crippen molar-refractivity contribution in [1.29, 1.82) is 0 Å². The van der Waals surface area contributed by atoms with Gasteiger partial charge >= 0.3 is 6.03 Å². The van der Waals surface area contributed by atoms with E-state index < -0.39 is 0 Å². The van der Waals surface area contributed by atoms with Gasteiger partial charge < -0.3 is 15.6 Å². The number of carbonyl (C=O) groups excluding carboxylic acids is 1. The van der Waals surface area contributed by atoms with Crippen LogP contribution in [0, 0.1) is 6.92 Å². The highest BCUT2D eigenvalue weighted by atomic mass is 16.2. The number of aromatic nitrogens is 2. The van der Waals surface area contributed by atoms with E-state index in [0.29, 0.717) is 6.54 Å². The summed E-state index contributed by atoms with van der Waals surface area (Å²) < 4.78 is 0. The summed E-state index contributed by atoms with van der Waals surface area (Å²) in [4.78, 5) is 22.0. The molecule has 0 unspecified atom stereocenters. The smallest absolute Gasteiger partial charge is 0.319 e. The van der Waals surface area contributed by atoms with Crippen LogP contribution < -0.4 is 10.6 Å². The Hall–Kier alpha value is -2.86. The third kappa shape index (κ3) is 3.70. The van der Waals surface area contributed by atoms with Gasteiger partial charge in [-0.3, -0.25) is 4.90 Å². The minimum absolute atomic E-state index is 0.182. The minimum Gasteiger partial charge on any atom is -0.342 e. The van der Waals surface area contributed by atoms with Crippen LogP contribution in [0.5, 0.6) is 0 Å². The first-order valence-electron chi connectivity index (χ1n) is 8.98. The number of aromatic amines is 1. The number of amides is 2. The van der Waals surface area contributed by atoms with E-state index in [9.17, 15) is 4.79 Å². The quantitative estimate of drug-likeness (QED) is 0.678. The van der Waals surface area contributed by atoms with Crippen molar-refractivity contribution in [2.75, 3.05) is 25.0 Å². The van der Waals surface area contributed by atoms with Gasteiger partial charge in [-0.25, -0.2) is 9.78 Å². The van der Waals surface area contributed by atoms with Crippen LogP contribution in [0.2, 0.25) is 0 Å². The van der Waals surface area contributed by atoms with Crippen LogP contribution in [0.3, 0.4) is 0 Å². The normalized spacial score (nSPS) is 14.2. The van der Waals surface area contributed by atoms with Gasteiger partial charge in [0.1, 0.15) is 5.82 Å². The van der Waals surface area contributed by atoms with Gasteiger partial charge in [-0.15, -0.1) is 0 Å². The highest BCUT2D eigenvalue weighted by molar-refractivity contribution is 5.91. The SMILES string of the molecule is Cc1nc2ccc(NC(=O)NCCN3CCc4ccccc4C3)cc2[nH]1. The van der Waals surface area contributed by atoms with E-state index in [-0.39, 0.29) is 6.03 Å². The molecule has 6 heteroatoms. The fourth-order valence-corrected chi connectivity index (χ4v) is 3.46. The molecule has 26 heavy (non-hydrogen) atoms. The van der Waals surface area contributed by atoms with Gasteiger partial charge in [0.25, 0.3) is 0 Å². The maximum atomic E-state index is 12.1. The molecule has 0 bridgehead atoms. The van der Waals surface area contributed by atoms with Crippen molar-refractivity contribution in [2.45, 2.75) is 19.9 Å². The van der Waals surface area contributed by atoms with E-state index in [1.54, 1.807) is 0 Å². The van der Waals surface area contributed by atoms with Gasteiger partial charge in [0, 0.05) is 31.9 Å². The van der Waals surface area contributed by atoms with Crippen molar-refractivity contribution in [3.8, 4) is 0 Å². The number of rotatable bonds is 4. The maximum absolute atomic E-state index is 12.1. The highest BCUT2D eigenvalue weighted by Gasteiger charge is 2.15. The van der Waals surface area contributed by atoms with Crippen molar-refractivity contribution in [2.24, 2.45) is 0 Å². The first-order chi connectivity index (χ1) is 12.7. The number of H-pyrrole nitrogens is 1. The van der Waals surface area contributed by atoms with Gasteiger partial charge in [0.05, 0.1) is 11.0 Å². The number of anilines is 1. The van der Waals surface area contributed by atoms with Crippen LogP contribution in [0.1, 0.15) is 17.0 Å². The Morgan fingerprint density at radius 2 is 2.08 bits per heavy atom. The molecule has 0 fully saturated rings. The second-order valence-corrected chi connectivity index (χ2v) is 6.73. The Labute approximate surface area is 152 Å². The van der Waals surface area contributed by atoms with Crippen LogP contribution >= 0.6 is 0 Å². The van der Waals surface area contributed by atoms with Gasteiger partial charge in [0.15, 0.2) is 0 Å². The topological polar surface area (TPSA) is 73.1 Å². The molecule has 4 rings (SSSR count). The monoisotopic (exact) mass is 349 g/mol. The van der Waals surface area contributed by atoms with Crippen molar-refractivity contribution in [3.63, 3.8) is 0 Å². The second-order valence-electron chi connectivity index (χ2n) is 6.73. The fourth-order valence-electron chi connectivity index (χ4n) is 3.46. The number of hydrogen-bond acceptors (Lipinski definition) is 3. The minimum atomic E-state index is -0.182. The second kappa shape index (κ2) is 7.17. The Morgan fingerprint density at radius 3 is 2.96 bits per heavy atom. The van der Waals surface area contributed by atoms with Crippen LogP contribution in [0.25, 0.3) is 11.0 Å². The average Bonchev–Trinajstić information content (AvgIpc) is 3.01. The molecule has 2 amide bonds. The van der Waals surface area contributed by atoms with Crippen LogP contribution in [-0.2, 0) is 13.0 Å². The number of fused-ring (bicyclic) bond motifs is 2. The number of urea groups is 1. The van der Waals surface area contributed by atoms with Crippen molar-refractivity contribution < 1.29 is 4.79 Å². The Morgan fingerprint density at radius 1 is 1.23 bits per heavy atom. The molecule has 1 aliphatic rings. The van der Waals surface area contributed by atoms with E-state index in [1.165, 1.54) is 11.1 Å². The zero-order chi connectivity index (χ0) is 17.9. The molecule has 0 saturated carbocycles. The molecule has 3 aromatic rings. The van der Waals surface area contributed by atoms with Gasteiger partial charge in [-0.2, -0.15) is 0 Å². The van der Waals surface area contributed by atoms with Gasteiger partial charge in [-0.05, 0) is 42.7 Å². The van der Waals surface area contributed by atoms with E-state index in [0.717, 1.165) is 48.6 Å². The summed E-state index contributed by atoms with van der Waals surface area (Å²) >= 11 is 0. The van der Waals surface area contributed by atoms with Crippen molar-refractivity contribution in [3.05, 3.63) is 59.4 Å². The Balaban J connectivity index is 1.26. The molecular formula is C20H23N5O. The molecular weight excluding hydrogens is 326 g/mol. The Bertz CT molecular complexity index is 933. The van der Waals surface area contributed by atoms with E-state index in [2.05, 4.69) is 49.8 Å². The summed E-state index contributed by atoms with van der Waals surface area (Å²) in [7, 11) is 0. The summed E-state index contributed by atoms with van der Waals surface area (Å²) in [6, 6.07) is 14.1. The number of benzene rings is 2. The molecule has 3 N–H and O–H groups in total. The molecule has 2 aromatic carbocycles. The zero-order valence-corrected chi connectivity index (χ0v) is 14.9. The maximum Gasteiger partial charge on any atom is 0.319 e. The third-order valence-electron chi connectivity index (χ3n) is 4.78. The predicted molar refractivity (Wildman–Crippen MR) is 103 cm³/mol. The molecule has 1 aromatic heterocycles. The van der Waals surface area contributed by atoms with Crippen LogP contribution in [0.15, 0.2) is 42.5 Å². The zero-order valence-electron chi connectivity index (χ0n) is 14.9. The third-order valence-corrected chi connectivity index (χ3v) is 4.78. The number of aryl methyl sites for hydroxylation is 1. The molecule has 0 saturated heterocycles. The van der Waals surface area contributed by atoms with E-state index in [4.69, 9.17) is 0 Å². The molecule has 2 heterocycles. The van der Waals surface area contributed by atoms with E-state index >= 15 is 0 Å². The molecule has 0 atom stereocenters. The summed E-state index contributed by atoms with van der Waals surface area (Å²) in [5.74, 6) is 0.865. The lowest BCUT2D eigenvalue weighted by molar-refractivity contribution is 0.239. The first-order valence-corrected chi connectivity index (χ1v) is 8.98. The largest absolute Gasteiger partial charge is 0.342 e. The summed E-state index contributed by atoms with van der Waals surface area (Å²) in [6.07, 6.45) is 1.08. The average molecular weight is 349 g/mol. The lowest BCUT2D eigenvalue weighted by Crippen LogP contribution is -2.39. The Kier molecular flexibility index (Phi) is 4.58. The molecule has 0 spiro atoms. The summed E-state index contributed by atoms with van der Waals surface area (Å²) in [5, 5.41) is 5.82. The molecule has 1 aliphatic heterocycles. The summed E-state index contributed by atoms with van der Waals surface area (Å²) in [5.41, 5.74) is 5.42. The van der Waals surface area contributed by atoms with Crippen LogP contribution in [0.4, 0.5) is 10.5 Å². The van der Waals surface area contributed by atoms with Crippen molar-refractivity contribution >= 4 is 22.8 Å². The highest BCUT2D eigenvalue weighted by Crippen LogP contribution is 2.18. The summed E-state index contributed by atoms with van der Waals surface area (Å²) in [6.45, 7) is 5.38. The number of carbonyl (C=O) groups is 1. The fraction of sp³-hybridized carbons (Fsp3) is 0.300. The van der Waals surface area contributed by atoms with Crippen molar-refractivity contribution in [1.82, 2.24) is 20.2 Å². The predicted octanol–water partition coefficient (Wildman–Crippen LogP) is 3.05. The number of imidazole rings is 1. The van der Waals surface area contributed by atoms with Gasteiger partial charge in [0.2, 0.25) is 0 Å². The van der Waals surface area contributed by atoms with Gasteiger partial charge in [-0.1, -0.05) is 24.3 Å². The molecule has 0 aliphatic carbocycles. The standard InChI is InChI=1S/C20H23N5O/c1-14-22-18-7-6-17(12-19(18)23-14)24-20(26)21-9-11-25-10-8-15-4-2-3-5-16(15)13-25/h2-7,12H,8-11,13H2,1H3,(H,22,23)(H2,21,24,26). The van der Waals surface area contributed by atoms with E-state index in [1.807, 2.05) is 25.1 Å². The molecule has 134 valence electrons. The first kappa shape index (κ1) is 16.6. The van der Waals surface area contributed by atoms with Crippen LogP contribution in [-0.4, -0.2) is 40.5 Å². The number of hydrogen-bond donors (Lipinski definition) is 3. The molecule has 6 nitrogen and oxygen atoms in total. The lowest BCUT2D eigenvalue weighted by atomic mass is 10.00. The molecule has 0 radical (unpaired) electrons. The lowest BCUT2D eigenvalue weighted by Gasteiger charge is -2.28.